The van der Waals surface area contributed by atoms with Gasteiger partial charge in [-0.1, -0.05) is 18.2 Å². The molecule has 0 atom stereocenters. The van der Waals surface area contributed by atoms with Crippen molar-refractivity contribution in [3.05, 3.63) is 59.7 Å². The molecule has 0 bridgehead atoms. The highest BCUT2D eigenvalue weighted by Gasteiger charge is 2.09. The second-order valence-corrected chi connectivity index (χ2v) is 5.53. The summed E-state index contributed by atoms with van der Waals surface area (Å²) in [6.45, 7) is 3.92. The zero-order chi connectivity index (χ0) is 17.5. The second-order valence-electron chi connectivity index (χ2n) is 5.53. The smallest absolute Gasteiger partial charge is 0.319 e. The number of carbonyl (C=O) groups is 1. The number of hydrogen-bond acceptors (Lipinski definition) is 2. The van der Waals surface area contributed by atoms with Gasteiger partial charge in [0, 0.05) is 12.6 Å². The van der Waals surface area contributed by atoms with E-state index in [1.54, 1.807) is 24.3 Å². The van der Waals surface area contributed by atoms with E-state index in [9.17, 15) is 13.6 Å². The third-order valence-electron chi connectivity index (χ3n) is 3.20. The van der Waals surface area contributed by atoms with E-state index in [4.69, 9.17) is 4.74 Å². The number of nitrogens with one attached hydrogen (secondary N) is 2. The van der Waals surface area contributed by atoms with E-state index in [1.807, 2.05) is 13.8 Å². The lowest BCUT2D eigenvalue weighted by Gasteiger charge is -2.12. The van der Waals surface area contributed by atoms with Crippen molar-refractivity contribution in [2.75, 3.05) is 11.9 Å². The van der Waals surface area contributed by atoms with Crippen molar-refractivity contribution in [2.45, 2.75) is 26.4 Å². The molecule has 0 unspecified atom stereocenters. The monoisotopic (exact) mass is 334 g/mol. The van der Waals surface area contributed by atoms with E-state index in [1.165, 1.54) is 18.2 Å². The molecule has 2 N–H and O–H groups in total. The van der Waals surface area contributed by atoms with Gasteiger partial charge in [0.25, 0.3) is 0 Å². The van der Waals surface area contributed by atoms with Crippen LogP contribution in [0.4, 0.5) is 19.3 Å². The van der Waals surface area contributed by atoms with Gasteiger partial charge in [0.15, 0.2) is 0 Å². The Balaban J connectivity index is 1.85. The number of ether oxygens (including phenoxy) is 1. The Morgan fingerprint density at radius 1 is 1.12 bits per heavy atom. The highest BCUT2D eigenvalue weighted by atomic mass is 19.1. The summed E-state index contributed by atoms with van der Waals surface area (Å²) in [5.74, 6) is -0.503. The summed E-state index contributed by atoms with van der Waals surface area (Å²) in [6.07, 6.45) is 0.286. The summed E-state index contributed by atoms with van der Waals surface area (Å²) in [7, 11) is 0. The SMILES string of the molecule is CC(C)Oc1ccc(NC(=O)NCCc2ccccc2F)c(F)c1. The molecule has 0 heterocycles. The van der Waals surface area contributed by atoms with E-state index in [2.05, 4.69) is 10.6 Å². The van der Waals surface area contributed by atoms with Gasteiger partial charge >= 0.3 is 6.03 Å². The van der Waals surface area contributed by atoms with E-state index < -0.39 is 11.8 Å². The maximum absolute atomic E-state index is 13.9. The fourth-order valence-corrected chi connectivity index (χ4v) is 2.12. The second kappa shape index (κ2) is 8.29. The maximum Gasteiger partial charge on any atom is 0.319 e. The normalized spacial score (nSPS) is 10.5. The van der Waals surface area contributed by atoms with Crippen molar-refractivity contribution in [3.63, 3.8) is 0 Å². The van der Waals surface area contributed by atoms with Gasteiger partial charge in [-0.2, -0.15) is 0 Å². The molecule has 0 aromatic heterocycles. The number of rotatable bonds is 6. The Labute approximate surface area is 139 Å². The number of benzene rings is 2. The minimum Gasteiger partial charge on any atom is -0.491 e. The van der Waals surface area contributed by atoms with Gasteiger partial charge in [-0.15, -0.1) is 0 Å². The largest absolute Gasteiger partial charge is 0.491 e. The number of urea groups is 1. The van der Waals surface area contributed by atoms with Crippen molar-refractivity contribution in [1.29, 1.82) is 0 Å². The van der Waals surface area contributed by atoms with Crippen LogP contribution in [0.2, 0.25) is 0 Å². The van der Waals surface area contributed by atoms with Gasteiger partial charge in [0.05, 0.1) is 11.8 Å². The third kappa shape index (κ3) is 5.22. The first kappa shape index (κ1) is 17.7. The first-order chi connectivity index (χ1) is 11.5. The molecule has 2 aromatic rings. The molecule has 2 aromatic carbocycles. The predicted molar refractivity (Wildman–Crippen MR) is 89.3 cm³/mol. The number of carbonyl (C=O) groups excluding carboxylic acids is 1. The van der Waals surface area contributed by atoms with Crippen molar-refractivity contribution in [2.24, 2.45) is 0 Å². The quantitative estimate of drug-likeness (QED) is 0.835. The number of amides is 2. The molecule has 2 rings (SSSR count). The number of anilines is 1. The van der Waals surface area contributed by atoms with Crippen LogP contribution in [0.1, 0.15) is 19.4 Å². The van der Waals surface area contributed by atoms with Crippen molar-refractivity contribution >= 4 is 11.7 Å². The zero-order valence-corrected chi connectivity index (χ0v) is 13.6. The molecule has 0 aliphatic carbocycles. The Morgan fingerprint density at radius 3 is 2.54 bits per heavy atom. The summed E-state index contributed by atoms with van der Waals surface area (Å²) in [5, 5.41) is 4.98. The first-order valence-corrected chi connectivity index (χ1v) is 7.70. The molecule has 24 heavy (non-hydrogen) atoms. The Bertz CT molecular complexity index is 705. The molecule has 0 radical (unpaired) electrons. The Kier molecular flexibility index (Phi) is 6.12. The molecule has 4 nitrogen and oxygen atoms in total. The molecular formula is C18H20F2N2O2. The molecule has 0 aliphatic heterocycles. The first-order valence-electron chi connectivity index (χ1n) is 7.70. The average molecular weight is 334 g/mol. The summed E-state index contributed by atoms with van der Waals surface area (Å²) in [6, 6.07) is 10.0. The van der Waals surface area contributed by atoms with Gasteiger partial charge in [-0.05, 0) is 44.0 Å². The highest BCUT2D eigenvalue weighted by Crippen LogP contribution is 2.21. The molecule has 0 fully saturated rings. The lowest BCUT2D eigenvalue weighted by atomic mass is 10.1. The van der Waals surface area contributed by atoms with E-state index in [0.29, 0.717) is 17.7 Å². The van der Waals surface area contributed by atoms with E-state index >= 15 is 0 Å². The van der Waals surface area contributed by atoms with Crippen LogP contribution in [-0.4, -0.2) is 18.7 Å². The summed E-state index contributed by atoms with van der Waals surface area (Å²) >= 11 is 0. The molecule has 0 saturated carbocycles. The van der Waals surface area contributed by atoms with Crippen LogP contribution in [0, 0.1) is 11.6 Å². The van der Waals surface area contributed by atoms with Crippen LogP contribution in [-0.2, 0) is 6.42 Å². The van der Waals surface area contributed by atoms with Crippen LogP contribution >= 0.6 is 0 Å². The Morgan fingerprint density at radius 2 is 1.88 bits per heavy atom. The molecular weight excluding hydrogens is 314 g/mol. The molecule has 0 aliphatic rings. The van der Waals surface area contributed by atoms with Gasteiger partial charge in [0.1, 0.15) is 17.4 Å². The summed E-state index contributed by atoms with van der Waals surface area (Å²) < 4.78 is 32.8. The van der Waals surface area contributed by atoms with Crippen molar-refractivity contribution < 1.29 is 18.3 Å². The highest BCUT2D eigenvalue weighted by molar-refractivity contribution is 5.89. The molecule has 128 valence electrons. The number of hydrogen-bond donors (Lipinski definition) is 2. The van der Waals surface area contributed by atoms with E-state index in [0.717, 1.165) is 0 Å². The third-order valence-corrected chi connectivity index (χ3v) is 3.20. The number of halogens is 2. The molecule has 2 amide bonds. The zero-order valence-electron chi connectivity index (χ0n) is 13.6. The lowest BCUT2D eigenvalue weighted by Crippen LogP contribution is -2.30. The molecule has 0 spiro atoms. The van der Waals surface area contributed by atoms with Crippen LogP contribution in [0.15, 0.2) is 42.5 Å². The predicted octanol–water partition coefficient (Wildman–Crippen LogP) is 4.12. The average Bonchev–Trinajstić information content (AvgIpc) is 2.51. The van der Waals surface area contributed by atoms with Gasteiger partial charge in [-0.25, -0.2) is 13.6 Å². The van der Waals surface area contributed by atoms with Crippen LogP contribution < -0.4 is 15.4 Å². The lowest BCUT2D eigenvalue weighted by molar-refractivity contribution is 0.241. The van der Waals surface area contributed by atoms with Gasteiger partial charge in [-0.3, -0.25) is 0 Å². The van der Waals surface area contributed by atoms with Crippen LogP contribution in [0.25, 0.3) is 0 Å². The summed E-state index contributed by atoms with van der Waals surface area (Å²) in [4.78, 5) is 11.8. The standard InChI is InChI=1S/C18H20F2N2O2/c1-12(2)24-14-7-8-17(16(20)11-14)22-18(23)21-10-9-13-5-3-4-6-15(13)19/h3-8,11-12H,9-10H2,1-2H3,(H2,21,22,23). The minimum absolute atomic E-state index is 0.0505. The maximum atomic E-state index is 13.9. The van der Waals surface area contributed by atoms with Crippen LogP contribution in [0.3, 0.4) is 0 Å². The summed E-state index contributed by atoms with van der Waals surface area (Å²) in [5.41, 5.74) is 0.564. The fourth-order valence-electron chi connectivity index (χ4n) is 2.12. The Hall–Kier alpha value is -2.63. The van der Waals surface area contributed by atoms with Crippen molar-refractivity contribution in [3.8, 4) is 5.75 Å². The van der Waals surface area contributed by atoms with Gasteiger partial charge in [0.2, 0.25) is 0 Å². The molecule has 6 heteroatoms. The topological polar surface area (TPSA) is 50.4 Å². The van der Waals surface area contributed by atoms with E-state index in [-0.39, 0.29) is 24.2 Å². The minimum atomic E-state index is -0.586. The van der Waals surface area contributed by atoms with Gasteiger partial charge < -0.3 is 15.4 Å². The molecule has 0 saturated heterocycles. The fraction of sp³-hybridized carbons (Fsp3) is 0.278. The van der Waals surface area contributed by atoms with Crippen LogP contribution in [0.5, 0.6) is 5.75 Å². The van der Waals surface area contributed by atoms with Crippen molar-refractivity contribution in [1.82, 2.24) is 5.32 Å².